The molecule has 10 nitrogen and oxygen atoms in total. The molecule has 156 valence electrons. The zero-order chi connectivity index (χ0) is 20.9. The smallest absolute Gasteiger partial charge is 0.344 e. The molecule has 0 aliphatic rings. The average molecular weight is 398 g/mol. The number of nitrogens with zero attached hydrogens (tertiary/aromatic N) is 1. The number of nitrogens with one attached hydrogen (secondary N) is 1. The normalized spacial score (nSPS) is 10.4. The molecular formula is C18H26N2O8. The lowest BCUT2D eigenvalue weighted by Crippen LogP contribution is -2.31. The molecule has 0 saturated carbocycles. The lowest BCUT2D eigenvalue weighted by Gasteiger charge is -2.09. The highest BCUT2D eigenvalue weighted by atomic mass is 16.6. The number of rotatable bonds is 13. The molecule has 0 spiro atoms. The first kappa shape index (κ1) is 23.2. The van der Waals surface area contributed by atoms with Crippen molar-refractivity contribution >= 4 is 17.6 Å². The Morgan fingerprint density at radius 1 is 1.25 bits per heavy atom. The summed E-state index contributed by atoms with van der Waals surface area (Å²) in [4.78, 5) is 33.5. The van der Waals surface area contributed by atoms with Crippen LogP contribution in [0.5, 0.6) is 11.5 Å². The van der Waals surface area contributed by atoms with Crippen LogP contribution in [0.15, 0.2) is 18.2 Å². The summed E-state index contributed by atoms with van der Waals surface area (Å²) in [5.41, 5.74) is -0.219. The van der Waals surface area contributed by atoms with Crippen LogP contribution in [0.25, 0.3) is 0 Å². The zero-order valence-corrected chi connectivity index (χ0v) is 16.3. The van der Waals surface area contributed by atoms with Crippen LogP contribution in [-0.4, -0.2) is 56.9 Å². The molecule has 0 aliphatic carbocycles. The summed E-state index contributed by atoms with van der Waals surface area (Å²) in [6.07, 6.45) is 0.664. The Hall–Kier alpha value is -2.88. The fourth-order valence-electron chi connectivity index (χ4n) is 2.00. The van der Waals surface area contributed by atoms with Crippen molar-refractivity contribution in [3.8, 4) is 11.5 Å². The SMILES string of the molecule is COc1cc(OCC(=O)OCC(=O)NCCCOCC(C)C)ccc1[N+](=O)[O-]. The fourth-order valence-corrected chi connectivity index (χ4v) is 2.00. The van der Waals surface area contributed by atoms with Gasteiger partial charge in [-0.3, -0.25) is 14.9 Å². The van der Waals surface area contributed by atoms with Crippen LogP contribution in [0, 0.1) is 16.0 Å². The van der Waals surface area contributed by atoms with Crippen LogP contribution in [0.1, 0.15) is 20.3 Å². The molecule has 0 aromatic heterocycles. The van der Waals surface area contributed by atoms with Crippen LogP contribution in [0.4, 0.5) is 5.69 Å². The van der Waals surface area contributed by atoms with E-state index in [1.807, 2.05) is 0 Å². The molecule has 0 radical (unpaired) electrons. The van der Waals surface area contributed by atoms with Gasteiger partial charge in [0.2, 0.25) is 5.75 Å². The van der Waals surface area contributed by atoms with Gasteiger partial charge < -0.3 is 24.3 Å². The number of hydrogen-bond donors (Lipinski definition) is 1. The first-order valence-corrected chi connectivity index (χ1v) is 8.78. The van der Waals surface area contributed by atoms with E-state index in [0.29, 0.717) is 32.1 Å². The van der Waals surface area contributed by atoms with Crippen LogP contribution in [0.3, 0.4) is 0 Å². The molecule has 0 fully saturated rings. The Morgan fingerprint density at radius 3 is 2.64 bits per heavy atom. The standard InChI is InChI=1S/C18H26N2O8/c1-13(2)10-26-8-4-7-19-17(21)11-28-18(22)12-27-14-5-6-15(20(23)24)16(9-14)25-3/h5-6,9,13H,4,7-8,10-12H2,1-3H3,(H,19,21). The molecular weight excluding hydrogens is 372 g/mol. The van der Waals surface area contributed by atoms with Crippen molar-refractivity contribution in [3.05, 3.63) is 28.3 Å². The first-order chi connectivity index (χ1) is 13.3. The second-order valence-corrected chi connectivity index (χ2v) is 6.21. The van der Waals surface area contributed by atoms with Crippen molar-refractivity contribution in [2.75, 3.05) is 40.1 Å². The first-order valence-electron chi connectivity index (χ1n) is 8.78. The van der Waals surface area contributed by atoms with Gasteiger partial charge in [0.05, 0.1) is 12.0 Å². The minimum atomic E-state index is -0.743. The van der Waals surface area contributed by atoms with Crippen molar-refractivity contribution in [2.45, 2.75) is 20.3 Å². The maximum atomic E-state index is 11.6. The maximum Gasteiger partial charge on any atom is 0.344 e. The van der Waals surface area contributed by atoms with E-state index in [1.54, 1.807) is 0 Å². The number of esters is 1. The predicted octanol–water partition coefficient (Wildman–Crippen LogP) is 1.70. The molecule has 0 heterocycles. The van der Waals surface area contributed by atoms with E-state index in [4.69, 9.17) is 18.9 Å². The van der Waals surface area contributed by atoms with Crippen LogP contribution >= 0.6 is 0 Å². The van der Waals surface area contributed by atoms with E-state index in [9.17, 15) is 19.7 Å². The Kier molecular flexibility index (Phi) is 10.3. The quantitative estimate of drug-likeness (QED) is 0.230. The molecule has 0 atom stereocenters. The molecule has 0 bridgehead atoms. The van der Waals surface area contributed by atoms with E-state index in [1.165, 1.54) is 25.3 Å². The molecule has 1 rings (SSSR count). The molecule has 10 heteroatoms. The summed E-state index contributed by atoms with van der Waals surface area (Å²) in [7, 11) is 1.29. The van der Waals surface area contributed by atoms with Crippen LogP contribution in [0.2, 0.25) is 0 Å². The van der Waals surface area contributed by atoms with Gasteiger partial charge in [-0.15, -0.1) is 0 Å². The molecule has 1 amide bonds. The van der Waals surface area contributed by atoms with Crippen molar-refractivity contribution in [2.24, 2.45) is 5.92 Å². The number of nitro groups is 1. The monoisotopic (exact) mass is 398 g/mol. The molecule has 0 saturated heterocycles. The van der Waals surface area contributed by atoms with E-state index >= 15 is 0 Å². The van der Waals surface area contributed by atoms with E-state index in [0.717, 1.165) is 0 Å². The molecule has 0 aliphatic heterocycles. The predicted molar refractivity (Wildman–Crippen MR) is 99.4 cm³/mol. The highest BCUT2D eigenvalue weighted by molar-refractivity contribution is 5.80. The van der Waals surface area contributed by atoms with Gasteiger partial charge in [0.25, 0.3) is 5.91 Å². The number of methoxy groups -OCH3 is 1. The highest BCUT2D eigenvalue weighted by Gasteiger charge is 2.16. The number of amides is 1. The van der Waals surface area contributed by atoms with Gasteiger partial charge in [0.15, 0.2) is 13.2 Å². The average Bonchev–Trinajstić information content (AvgIpc) is 2.66. The van der Waals surface area contributed by atoms with E-state index < -0.39 is 30.0 Å². The van der Waals surface area contributed by atoms with Gasteiger partial charge in [0, 0.05) is 31.9 Å². The van der Waals surface area contributed by atoms with E-state index in [-0.39, 0.29) is 17.2 Å². The third kappa shape index (κ3) is 9.17. The minimum Gasteiger partial charge on any atom is -0.490 e. The summed E-state index contributed by atoms with van der Waals surface area (Å²) in [6.45, 7) is 4.89. The van der Waals surface area contributed by atoms with Gasteiger partial charge in [-0.05, 0) is 18.4 Å². The van der Waals surface area contributed by atoms with Gasteiger partial charge in [-0.25, -0.2) is 4.79 Å². The molecule has 1 N–H and O–H groups in total. The minimum absolute atomic E-state index is 0.00705. The number of hydrogen-bond acceptors (Lipinski definition) is 8. The van der Waals surface area contributed by atoms with Crippen molar-refractivity contribution in [1.29, 1.82) is 0 Å². The largest absolute Gasteiger partial charge is 0.490 e. The second kappa shape index (κ2) is 12.5. The molecule has 0 unspecified atom stereocenters. The van der Waals surface area contributed by atoms with Crippen molar-refractivity contribution < 1.29 is 33.5 Å². The Labute approximate surface area is 163 Å². The Balaban J connectivity index is 2.24. The number of ether oxygens (including phenoxy) is 4. The third-order valence-electron chi connectivity index (χ3n) is 3.31. The van der Waals surface area contributed by atoms with E-state index in [2.05, 4.69) is 19.2 Å². The van der Waals surface area contributed by atoms with Crippen LogP contribution in [-0.2, 0) is 19.1 Å². The molecule has 1 aromatic rings. The number of carbonyl (C=O) groups is 2. The van der Waals surface area contributed by atoms with Crippen molar-refractivity contribution in [1.82, 2.24) is 5.32 Å². The summed E-state index contributed by atoms with van der Waals surface area (Å²) in [6, 6.07) is 3.83. The summed E-state index contributed by atoms with van der Waals surface area (Å²) in [5.74, 6) is -0.497. The van der Waals surface area contributed by atoms with Gasteiger partial charge >= 0.3 is 11.7 Å². The second-order valence-electron chi connectivity index (χ2n) is 6.21. The summed E-state index contributed by atoms with van der Waals surface area (Å²) < 4.78 is 20.3. The molecule has 1 aromatic carbocycles. The third-order valence-corrected chi connectivity index (χ3v) is 3.31. The maximum absolute atomic E-state index is 11.6. The van der Waals surface area contributed by atoms with Gasteiger partial charge in [-0.1, -0.05) is 13.8 Å². The highest BCUT2D eigenvalue weighted by Crippen LogP contribution is 2.30. The zero-order valence-electron chi connectivity index (χ0n) is 16.3. The van der Waals surface area contributed by atoms with Gasteiger partial charge in [-0.2, -0.15) is 0 Å². The van der Waals surface area contributed by atoms with Gasteiger partial charge in [0.1, 0.15) is 5.75 Å². The topological polar surface area (TPSA) is 126 Å². The molecule has 28 heavy (non-hydrogen) atoms. The Morgan fingerprint density at radius 2 is 2.00 bits per heavy atom. The summed E-state index contributed by atoms with van der Waals surface area (Å²) >= 11 is 0. The Bertz CT molecular complexity index is 663. The number of benzene rings is 1. The summed E-state index contributed by atoms with van der Waals surface area (Å²) in [5, 5.41) is 13.4. The van der Waals surface area contributed by atoms with Crippen molar-refractivity contribution in [3.63, 3.8) is 0 Å². The number of nitro benzene ring substituents is 1. The lowest BCUT2D eigenvalue weighted by molar-refractivity contribution is -0.385. The number of carbonyl (C=O) groups excluding carboxylic acids is 2. The fraction of sp³-hybridized carbons (Fsp3) is 0.556. The lowest BCUT2D eigenvalue weighted by atomic mass is 10.2. The van der Waals surface area contributed by atoms with Crippen LogP contribution < -0.4 is 14.8 Å².